The third-order valence-electron chi connectivity index (χ3n) is 3.90. The number of rotatable bonds is 4. The van der Waals surface area contributed by atoms with Crippen molar-refractivity contribution in [3.8, 4) is 0 Å². The number of hydrogen-bond donors (Lipinski definition) is 1. The van der Waals surface area contributed by atoms with Crippen LogP contribution in [0.15, 0.2) is 11.4 Å². The third kappa shape index (κ3) is 2.72. The van der Waals surface area contributed by atoms with Crippen LogP contribution in [0.3, 0.4) is 0 Å². The molecule has 0 saturated carbocycles. The summed E-state index contributed by atoms with van der Waals surface area (Å²) in [5.41, 5.74) is 1.47. The van der Waals surface area contributed by atoms with Crippen molar-refractivity contribution in [1.82, 2.24) is 10.2 Å². The lowest BCUT2D eigenvalue weighted by atomic mass is 9.87. The second-order valence-corrected chi connectivity index (χ2v) is 5.95. The van der Waals surface area contributed by atoms with Gasteiger partial charge in [-0.2, -0.15) is 0 Å². The topological polar surface area (TPSA) is 15.3 Å². The molecule has 0 bridgehead atoms. The smallest absolute Gasteiger partial charge is 0.0484 e. The van der Waals surface area contributed by atoms with Gasteiger partial charge in [0.25, 0.3) is 0 Å². The van der Waals surface area contributed by atoms with Gasteiger partial charge < -0.3 is 5.32 Å². The van der Waals surface area contributed by atoms with Gasteiger partial charge in [-0.3, -0.25) is 4.90 Å². The molecule has 1 aliphatic rings. The molecule has 96 valence electrons. The molecule has 2 atom stereocenters. The molecule has 2 nitrogen and oxygen atoms in total. The first-order chi connectivity index (χ1) is 8.27. The van der Waals surface area contributed by atoms with Crippen LogP contribution in [0.5, 0.6) is 0 Å². The number of likely N-dealkylation sites (tertiary alicyclic amines) is 1. The van der Waals surface area contributed by atoms with Crippen LogP contribution in [0.4, 0.5) is 0 Å². The van der Waals surface area contributed by atoms with Gasteiger partial charge in [0.2, 0.25) is 0 Å². The van der Waals surface area contributed by atoms with E-state index in [1.807, 2.05) is 11.3 Å². The molecule has 1 fully saturated rings. The van der Waals surface area contributed by atoms with E-state index in [1.54, 1.807) is 4.88 Å². The minimum atomic E-state index is 0.640. The van der Waals surface area contributed by atoms with E-state index in [0.29, 0.717) is 6.04 Å². The third-order valence-corrected chi connectivity index (χ3v) is 4.99. The molecule has 0 amide bonds. The van der Waals surface area contributed by atoms with E-state index in [1.165, 1.54) is 31.5 Å². The molecule has 1 N–H and O–H groups in total. The summed E-state index contributed by atoms with van der Waals surface area (Å²) in [6.07, 6.45) is 2.71. The van der Waals surface area contributed by atoms with Gasteiger partial charge in [0.1, 0.15) is 0 Å². The van der Waals surface area contributed by atoms with Gasteiger partial charge in [-0.1, -0.05) is 6.92 Å². The van der Waals surface area contributed by atoms with Gasteiger partial charge in [0.15, 0.2) is 0 Å². The summed E-state index contributed by atoms with van der Waals surface area (Å²) in [5, 5.41) is 5.61. The number of hydrogen-bond acceptors (Lipinski definition) is 3. The Hall–Kier alpha value is -0.380. The Balaban J connectivity index is 2.25. The molecule has 2 rings (SSSR count). The van der Waals surface area contributed by atoms with E-state index in [9.17, 15) is 0 Å². The fraction of sp³-hybridized carbons (Fsp3) is 0.714. The van der Waals surface area contributed by atoms with E-state index in [0.717, 1.165) is 12.5 Å². The molecule has 3 heteroatoms. The van der Waals surface area contributed by atoms with E-state index in [-0.39, 0.29) is 0 Å². The highest BCUT2D eigenvalue weighted by Gasteiger charge is 2.32. The monoisotopic (exact) mass is 252 g/mol. The molecule has 0 spiro atoms. The Morgan fingerprint density at radius 2 is 2.35 bits per heavy atom. The highest BCUT2D eigenvalue weighted by molar-refractivity contribution is 7.10. The molecule has 2 heterocycles. The average molecular weight is 252 g/mol. The summed E-state index contributed by atoms with van der Waals surface area (Å²) in [6, 6.07) is 2.90. The predicted octanol–water partition coefficient (Wildman–Crippen LogP) is 3.05. The van der Waals surface area contributed by atoms with Gasteiger partial charge in [0.05, 0.1) is 0 Å². The molecule has 1 aromatic rings. The summed E-state index contributed by atoms with van der Waals surface area (Å²) in [6.45, 7) is 8.11. The number of thiophene rings is 1. The molecule has 1 saturated heterocycles. The summed E-state index contributed by atoms with van der Waals surface area (Å²) in [4.78, 5) is 4.25. The standard InChI is InChI=1S/C14H24N2S/c1-4-16-8-5-6-12(10-15-3)13(16)14-11(2)7-9-17-14/h7,9,12-13,15H,4-6,8,10H2,1-3H3. The zero-order valence-corrected chi connectivity index (χ0v) is 12.0. The maximum atomic E-state index is 3.37. The Kier molecular flexibility index (Phi) is 4.60. The molecule has 0 aromatic carbocycles. The maximum absolute atomic E-state index is 3.37. The Morgan fingerprint density at radius 3 is 2.94 bits per heavy atom. The van der Waals surface area contributed by atoms with Crippen molar-refractivity contribution < 1.29 is 0 Å². The van der Waals surface area contributed by atoms with E-state index in [4.69, 9.17) is 0 Å². The predicted molar refractivity (Wildman–Crippen MR) is 75.7 cm³/mol. The fourth-order valence-electron chi connectivity index (χ4n) is 3.05. The lowest BCUT2D eigenvalue weighted by Gasteiger charge is -2.41. The average Bonchev–Trinajstić information content (AvgIpc) is 2.75. The zero-order chi connectivity index (χ0) is 12.3. The first-order valence-corrected chi connectivity index (χ1v) is 7.58. The molecule has 1 aromatic heterocycles. The van der Waals surface area contributed by atoms with Crippen LogP contribution in [-0.2, 0) is 0 Å². The molecule has 17 heavy (non-hydrogen) atoms. The number of nitrogens with one attached hydrogen (secondary N) is 1. The van der Waals surface area contributed by atoms with Crippen LogP contribution in [0.2, 0.25) is 0 Å². The van der Waals surface area contributed by atoms with Crippen molar-refractivity contribution >= 4 is 11.3 Å². The van der Waals surface area contributed by atoms with Gasteiger partial charge in [-0.25, -0.2) is 0 Å². The van der Waals surface area contributed by atoms with Crippen molar-refractivity contribution in [2.45, 2.75) is 32.7 Å². The van der Waals surface area contributed by atoms with Crippen LogP contribution in [0.1, 0.15) is 36.2 Å². The second kappa shape index (κ2) is 5.98. The largest absolute Gasteiger partial charge is 0.319 e. The molecule has 0 aliphatic carbocycles. The molecule has 2 unspecified atom stereocenters. The SMILES string of the molecule is CCN1CCCC(CNC)C1c1sccc1C. The van der Waals surface area contributed by atoms with Crippen LogP contribution in [0.25, 0.3) is 0 Å². The molecule has 0 radical (unpaired) electrons. The lowest BCUT2D eigenvalue weighted by molar-refractivity contribution is 0.100. The highest BCUT2D eigenvalue weighted by Crippen LogP contribution is 2.39. The van der Waals surface area contributed by atoms with Gasteiger partial charge in [-0.15, -0.1) is 11.3 Å². The molecular weight excluding hydrogens is 228 g/mol. The van der Waals surface area contributed by atoms with E-state index < -0.39 is 0 Å². The van der Waals surface area contributed by atoms with E-state index in [2.05, 4.69) is 42.6 Å². The first kappa shape index (κ1) is 13.1. The quantitative estimate of drug-likeness (QED) is 0.886. The van der Waals surface area contributed by atoms with Crippen molar-refractivity contribution in [3.05, 3.63) is 21.9 Å². The van der Waals surface area contributed by atoms with Gasteiger partial charge in [-0.05, 0) is 69.4 Å². The highest BCUT2D eigenvalue weighted by atomic mass is 32.1. The summed E-state index contributed by atoms with van der Waals surface area (Å²) in [7, 11) is 2.07. The maximum Gasteiger partial charge on any atom is 0.0484 e. The second-order valence-electron chi connectivity index (χ2n) is 5.00. The van der Waals surface area contributed by atoms with Crippen molar-refractivity contribution in [2.75, 3.05) is 26.7 Å². The summed E-state index contributed by atoms with van der Waals surface area (Å²) >= 11 is 1.94. The van der Waals surface area contributed by atoms with E-state index >= 15 is 0 Å². The van der Waals surface area contributed by atoms with Crippen LogP contribution >= 0.6 is 11.3 Å². The number of aryl methyl sites for hydroxylation is 1. The summed E-state index contributed by atoms with van der Waals surface area (Å²) in [5.74, 6) is 0.769. The van der Waals surface area contributed by atoms with Gasteiger partial charge >= 0.3 is 0 Å². The minimum absolute atomic E-state index is 0.640. The molecule has 1 aliphatic heterocycles. The van der Waals surface area contributed by atoms with Crippen LogP contribution in [0, 0.1) is 12.8 Å². The van der Waals surface area contributed by atoms with Crippen molar-refractivity contribution in [2.24, 2.45) is 5.92 Å². The lowest BCUT2D eigenvalue weighted by Crippen LogP contribution is -2.41. The van der Waals surface area contributed by atoms with Crippen LogP contribution < -0.4 is 5.32 Å². The first-order valence-electron chi connectivity index (χ1n) is 6.70. The summed E-state index contributed by atoms with van der Waals surface area (Å²) < 4.78 is 0. The van der Waals surface area contributed by atoms with Gasteiger partial charge in [0, 0.05) is 10.9 Å². The number of piperidine rings is 1. The van der Waals surface area contributed by atoms with Crippen molar-refractivity contribution in [1.29, 1.82) is 0 Å². The Bertz CT molecular complexity index is 346. The fourth-order valence-corrected chi connectivity index (χ4v) is 4.20. The normalized spacial score (nSPS) is 26.3. The van der Waals surface area contributed by atoms with Crippen LogP contribution in [-0.4, -0.2) is 31.6 Å². The van der Waals surface area contributed by atoms with Crippen molar-refractivity contribution in [3.63, 3.8) is 0 Å². The Morgan fingerprint density at radius 1 is 1.53 bits per heavy atom. The number of nitrogens with zero attached hydrogens (tertiary/aromatic N) is 1. The Labute approximate surface area is 109 Å². The molecular formula is C14H24N2S. The zero-order valence-electron chi connectivity index (χ0n) is 11.2. The minimum Gasteiger partial charge on any atom is -0.319 e.